The molecule has 2 fully saturated rings. The number of allylic oxidation sites excluding steroid dienone is 1. The quantitative estimate of drug-likeness (QED) is 0.851. The summed E-state index contributed by atoms with van der Waals surface area (Å²) in [5.74, 6) is 1.08. The molecule has 3 aliphatic heterocycles. The summed E-state index contributed by atoms with van der Waals surface area (Å²) in [6.07, 6.45) is 4.63. The lowest BCUT2D eigenvalue weighted by Gasteiger charge is -2.50. The minimum absolute atomic E-state index is 0.0576. The van der Waals surface area contributed by atoms with Crippen LogP contribution in [0.25, 0.3) is 0 Å². The number of hydrogen-bond acceptors (Lipinski definition) is 3. The van der Waals surface area contributed by atoms with Crippen molar-refractivity contribution < 1.29 is 4.79 Å². The van der Waals surface area contributed by atoms with Gasteiger partial charge in [0.05, 0.1) is 5.41 Å². The van der Waals surface area contributed by atoms with E-state index in [2.05, 4.69) is 41.4 Å². The Morgan fingerprint density at radius 3 is 3.09 bits per heavy atom. The summed E-state index contributed by atoms with van der Waals surface area (Å²) in [6, 6.07) is 9.25. The summed E-state index contributed by atoms with van der Waals surface area (Å²) in [6.45, 7) is 4.60. The van der Waals surface area contributed by atoms with Crippen molar-refractivity contribution >= 4 is 12.0 Å². The molecule has 3 heterocycles. The van der Waals surface area contributed by atoms with Crippen LogP contribution in [0.1, 0.15) is 31.7 Å². The van der Waals surface area contributed by atoms with Crippen LogP contribution in [-0.2, 0) is 10.2 Å². The Labute approximate surface area is 131 Å². The Hall–Kier alpha value is -1.61. The highest BCUT2D eigenvalue weighted by Gasteiger charge is 2.61. The Morgan fingerprint density at radius 2 is 2.27 bits per heavy atom. The third kappa shape index (κ3) is 1.30. The molecular formula is C19H22N2O. The van der Waals surface area contributed by atoms with E-state index in [1.54, 1.807) is 0 Å². The highest BCUT2D eigenvalue weighted by Crippen LogP contribution is 2.60. The monoisotopic (exact) mass is 294 g/mol. The van der Waals surface area contributed by atoms with Crippen LogP contribution in [0.3, 0.4) is 0 Å². The number of nitrogens with zero attached hydrogens (tertiary/aromatic N) is 1. The molecule has 3 heteroatoms. The molecule has 4 atom stereocenters. The van der Waals surface area contributed by atoms with Crippen molar-refractivity contribution in [3.8, 4) is 0 Å². The average Bonchev–Trinajstić information content (AvgIpc) is 3.11. The van der Waals surface area contributed by atoms with Crippen LogP contribution in [0.5, 0.6) is 0 Å². The van der Waals surface area contributed by atoms with E-state index in [9.17, 15) is 4.79 Å². The molecule has 0 saturated carbocycles. The van der Waals surface area contributed by atoms with Gasteiger partial charge in [-0.05, 0) is 42.9 Å². The van der Waals surface area contributed by atoms with Crippen molar-refractivity contribution in [2.75, 3.05) is 18.4 Å². The lowest BCUT2D eigenvalue weighted by Crippen LogP contribution is -2.55. The number of carbonyl (C=O) groups is 1. The topological polar surface area (TPSA) is 32.3 Å². The summed E-state index contributed by atoms with van der Waals surface area (Å²) < 4.78 is 0. The van der Waals surface area contributed by atoms with E-state index < -0.39 is 0 Å². The number of anilines is 1. The van der Waals surface area contributed by atoms with E-state index in [1.807, 2.05) is 0 Å². The molecule has 0 amide bonds. The van der Waals surface area contributed by atoms with Crippen LogP contribution >= 0.6 is 0 Å². The fraction of sp³-hybridized carbons (Fsp3) is 0.526. The van der Waals surface area contributed by atoms with Gasteiger partial charge in [-0.2, -0.15) is 0 Å². The first kappa shape index (κ1) is 12.9. The van der Waals surface area contributed by atoms with E-state index in [1.165, 1.54) is 36.5 Å². The van der Waals surface area contributed by atoms with Crippen LogP contribution in [0, 0.1) is 11.8 Å². The van der Waals surface area contributed by atoms with Crippen LogP contribution in [0.2, 0.25) is 0 Å². The van der Waals surface area contributed by atoms with E-state index >= 15 is 0 Å². The lowest BCUT2D eigenvalue weighted by atomic mass is 9.60. The molecule has 1 aromatic rings. The largest absolute Gasteiger partial charge is 0.358 e. The fourth-order valence-electron chi connectivity index (χ4n) is 5.81. The second-order valence-corrected chi connectivity index (χ2v) is 7.36. The molecule has 1 aromatic carbocycles. The Kier molecular flexibility index (Phi) is 2.48. The number of para-hydroxylation sites is 1. The highest BCUT2D eigenvalue weighted by atomic mass is 16.1. The number of nitrogens with one attached hydrogen (secondary N) is 1. The number of hydrogen-bond donors (Lipinski definition) is 1. The molecule has 2 bridgehead atoms. The van der Waals surface area contributed by atoms with Gasteiger partial charge in [0.2, 0.25) is 0 Å². The first-order valence-electron chi connectivity index (χ1n) is 8.60. The zero-order valence-electron chi connectivity index (χ0n) is 13.0. The smallest absolute Gasteiger partial charge is 0.148 e. The molecular weight excluding hydrogens is 272 g/mol. The predicted octanol–water partition coefficient (Wildman–Crippen LogP) is 2.94. The molecule has 4 aliphatic rings. The second kappa shape index (κ2) is 4.23. The molecule has 3 nitrogen and oxygen atoms in total. The molecule has 1 spiro atoms. The third-order valence-electron chi connectivity index (χ3n) is 6.77. The van der Waals surface area contributed by atoms with Gasteiger partial charge in [0.25, 0.3) is 0 Å². The van der Waals surface area contributed by atoms with Crippen LogP contribution in [0.4, 0.5) is 5.69 Å². The maximum Gasteiger partial charge on any atom is 0.148 e. The summed E-state index contributed by atoms with van der Waals surface area (Å²) in [5, 5.41) is 3.65. The number of piperidine rings is 1. The molecule has 22 heavy (non-hydrogen) atoms. The minimum atomic E-state index is 0.0576. The van der Waals surface area contributed by atoms with Gasteiger partial charge in [-0.1, -0.05) is 31.5 Å². The number of carbonyl (C=O) groups excluding carboxylic acids is 1. The Morgan fingerprint density at radius 1 is 1.41 bits per heavy atom. The van der Waals surface area contributed by atoms with Crippen molar-refractivity contribution in [3.05, 3.63) is 41.1 Å². The van der Waals surface area contributed by atoms with Crippen molar-refractivity contribution in [2.24, 2.45) is 11.8 Å². The van der Waals surface area contributed by atoms with Crippen molar-refractivity contribution in [2.45, 2.75) is 37.6 Å². The molecule has 1 aliphatic carbocycles. The van der Waals surface area contributed by atoms with Gasteiger partial charge in [0.15, 0.2) is 0 Å². The van der Waals surface area contributed by atoms with Crippen molar-refractivity contribution in [1.82, 2.24) is 4.90 Å². The number of rotatable bonds is 2. The third-order valence-corrected chi connectivity index (χ3v) is 6.77. The van der Waals surface area contributed by atoms with Crippen LogP contribution in [-0.4, -0.2) is 30.3 Å². The first-order valence-corrected chi connectivity index (χ1v) is 8.60. The second-order valence-electron chi connectivity index (χ2n) is 7.36. The average molecular weight is 294 g/mol. The SMILES string of the molecule is CC[C@@H]1CN2CCC34C(=C(C=O)[C@H]1C[C@H]23)Nc1ccccc14. The fourth-order valence-corrected chi connectivity index (χ4v) is 5.81. The summed E-state index contributed by atoms with van der Waals surface area (Å²) in [4.78, 5) is 14.7. The predicted molar refractivity (Wildman–Crippen MR) is 86.7 cm³/mol. The summed E-state index contributed by atoms with van der Waals surface area (Å²) >= 11 is 0. The molecule has 0 radical (unpaired) electrons. The Balaban J connectivity index is 1.79. The van der Waals surface area contributed by atoms with Crippen LogP contribution < -0.4 is 5.32 Å². The van der Waals surface area contributed by atoms with Crippen molar-refractivity contribution in [1.29, 1.82) is 0 Å². The van der Waals surface area contributed by atoms with E-state index in [4.69, 9.17) is 0 Å². The minimum Gasteiger partial charge on any atom is -0.358 e. The van der Waals surface area contributed by atoms with Gasteiger partial charge in [0, 0.05) is 29.5 Å². The van der Waals surface area contributed by atoms with Crippen LogP contribution in [0.15, 0.2) is 35.5 Å². The molecule has 0 aromatic heterocycles. The maximum absolute atomic E-state index is 12.0. The van der Waals surface area contributed by atoms with E-state index in [0.717, 1.165) is 24.7 Å². The van der Waals surface area contributed by atoms with E-state index in [-0.39, 0.29) is 5.41 Å². The van der Waals surface area contributed by atoms with Gasteiger partial charge < -0.3 is 5.32 Å². The summed E-state index contributed by atoms with van der Waals surface area (Å²) in [5.41, 5.74) is 5.01. The maximum atomic E-state index is 12.0. The normalized spacial score (nSPS) is 38.5. The molecule has 1 N–H and O–H groups in total. The molecule has 2 saturated heterocycles. The van der Waals surface area contributed by atoms with Gasteiger partial charge >= 0.3 is 0 Å². The highest BCUT2D eigenvalue weighted by molar-refractivity contribution is 5.83. The molecule has 114 valence electrons. The van der Waals surface area contributed by atoms with Gasteiger partial charge in [-0.3, -0.25) is 9.69 Å². The lowest BCUT2D eigenvalue weighted by molar-refractivity contribution is -0.106. The zero-order chi connectivity index (χ0) is 14.9. The van der Waals surface area contributed by atoms with Crippen molar-refractivity contribution in [3.63, 3.8) is 0 Å². The standard InChI is InChI=1S/C19H22N2O/c1-2-12-10-21-8-7-19-15-5-3-4-6-16(15)20-18(19)14(11-22)13(12)9-17(19)21/h3-6,11-13,17,20H,2,7-10H2,1H3/t12-,13+,17+,19?/m1/s1. The molecule has 5 rings (SSSR count). The molecule has 1 unspecified atom stereocenters. The number of benzene rings is 1. The van der Waals surface area contributed by atoms with Gasteiger partial charge in [-0.15, -0.1) is 0 Å². The summed E-state index contributed by atoms with van der Waals surface area (Å²) in [7, 11) is 0. The number of aldehydes is 1. The first-order chi connectivity index (χ1) is 10.8. The van der Waals surface area contributed by atoms with Gasteiger partial charge in [-0.25, -0.2) is 0 Å². The van der Waals surface area contributed by atoms with Gasteiger partial charge in [0.1, 0.15) is 6.29 Å². The zero-order valence-corrected chi connectivity index (χ0v) is 13.0. The number of fused-ring (bicyclic) bond motifs is 2. The van der Waals surface area contributed by atoms with E-state index in [0.29, 0.717) is 17.9 Å². The Bertz CT molecular complexity index is 694.